The molecular weight excluding hydrogens is 306 g/mol. The summed E-state index contributed by atoms with van der Waals surface area (Å²) < 4.78 is 5.10. The molecule has 0 spiro atoms. The van der Waals surface area contributed by atoms with Gasteiger partial charge in [-0.25, -0.2) is 4.79 Å². The first-order valence-electron chi connectivity index (χ1n) is 6.72. The van der Waals surface area contributed by atoms with Crippen molar-refractivity contribution in [2.24, 2.45) is 0 Å². The Hall–Kier alpha value is -2.14. The van der Waals surface area contributed by atoms with Crippen molar-refractivity contribution in [1.29, 1.82) is 0 Å². The van der Waals surface area contributed by atoms with E-state index < -0.39 is 5.97 Å². The first-order chi connectivity index (χ1) is 10.2. The second kappa shape index (κ2) is 7.75. The third-order valence-electron chi connectivity index (χ3n) is 2.69. The SMILES string of the molecule is CC(=O)C(=CNc1cccc(C(=O)OC(C)C)c1Cl)C(C)=O. The van der Waals surface area contributed by atoms with Crippen molar-refractivity contribution in [1.82, 2.24) is 0 Å². The lowest BCUT2D eigenvalue weighted by Crippen LogP contribution is -2.13. The molecule has 22 heavy (non-hydrogen) atoms. The molecule has 0 amide bonds. The van der Waals surface area contributed by atoms with E-state index in [0.717, 1.165) is 0 Å². The highest BCUT2D eigenvalue weighted by Crippen LogP contribution is 2.27. The molecule has 6 heteroatoms. The molecule has 0 radical (unpaired) electrons. The molecule has 0 fully saturated rings. The average Bonchev–Trinajstić information content (AvgIpc) is 2.38. The lowest BCUT2D eigenvalue weighted by molar-refractivity contribution is -0.119. The Morgan fingerprint density at radius 1 is 1.18 bits per heavy atom. The number of ketones is 2. The van der Waals surface area contributed by atoms with E-state index in [2.05, 4.69) is 5.32 Å². The van der Waals surface area contributed by atoms with Gasteiger partial charge in [-0.05, 0) is 39.8 Å². The number of hydrogen-bond donors (Lipinski definition) is 1. The maximum atomic E-state index is 11.9. The first-order valence-corrected chi connectivity index (χ1v) is 7.10. The van der Waals surface area contributed by atoms with E-state index in [1.54, 1.807) is 32.0 Å². The van der Waals surface area contributed by atoms with Crippen LogP contribution >= 0.6 is 11.6 Å². The fourth-order valence-corrected chi connectivity index (χ4v) is 1.94. The molecule has 0 unspecified atom stereocenters. The van der Waals surface area contributed by atoms with E-state index in [4.69, 9.17) is 16.3 Å². The number of rotatable bonds is 6. The smallest absolute Gasteiger partial charge is 0.339 e. The number of Topliss-reactive ketones (excluding diaryl/α,β-unsaturated/α-hetero) is 2. The molecule has 0 aliphatic heterocycles. The number of hydrogen-bond acceptors (Lipinski definition) is 5. The van der Waals surface area contributed by atoms with Crippen LogP contribution in [-0.2, 0) is 14.3 Å². The van der Waals surface area contributed by atoms with Gasteiger partial charge in [0, 0.05) is 6.20 Å². The topological polar surface area (TPSA) is 72.5 Å². The van der Waals surface area contributed by atoms with Crippen LogP contribution in [-0.4, -0.2) is 23.6 Å². The van der Waals surface area contributed by atoms with E-state index in [-0.39, 0.29) is 33.8 Å². The molecule has 1 N–H and O–H groups in total. The summed E-state index contributed by atoms with van der Waals surface area (Å²) in [6.45, 7) is 6.07. The van der Waals surface area contributed by atoms with Gasteiger partial charge in [-0.1, -0.05) is 17.7 Å². The number of carbonyl (C=O) groups excluding carboxylic acids is 3. The molecule has 0 saturated carbocycles. The molecule has 1 aromatic rings. The minimum absolute atomic E-state index is 0.0197. The Morgan fingerprint density at radius 3 is 2.27 bits per heavy atom. The fourth-order valence-electron chi connectivity index (χ4n) is 1.68. The highest BCUT2D eigenvalue weighted by atomic mass is 35.5. The average molecular weight is 324 g/mol. The monoisotopic (exact) mass is 323 g/mol. The maximum absolute atomic E-state index is 11.9. The quantitative estimate of drug-likeness (QED) is 0.376. The van der Waals surface area contributed by atoms with Gasteiger partial charge in [-0.15, -0.1) is 0 Å². The Bertz CT molecular complexity index is 619. The van der Waals surface area contributed by atoms with E-state index in [1.807, 2.05) is 0 Å². The normalized spacial score (nSPS) is 10.1. The van der Waals surface area contributed by atoms with Crippen LogP contribution in [0.2, 0.25) is 5.02 Å². The van der Waals surface area contributed by atoms with Gasteiger partial charge in [0.25, 0.3) is 0 Å². The van der Waals surface area contributed by atoms with E-state index in [1.165, 1.54) is 20.0 Å². The summed E-state index contributed by atoms with van der Waals surface area (Å²) in [6, 6.07) is 4.79. The Kier molecular flexibility index (Phi) is 6.31. The zero-order chi connectivity index (χ0) is 16.9. The molecule has 0 aliphatic carbocycles. The zero-order valence-corrected chi connectivity index (χ0v) is 13.7. The van der Waals surface area contributed by atoms with Crippen molar-refractivity contribution in [3.8, 4) is 0 Å². The molecule has 0 aromatic heterocycles. The minimum Gasteiger partial charge on any atom is -0.459 e. The molecule has 0 aliphatic rings. The van der Waals surface area contributed by atoms with E-state index in [9.17, 15) is 14.4 Å². The van der Waals surface area contributed by atoms with Gasteiger partial charge in [-0.2, -0.15) is 0 Å². The maximum Gasteiger partial charge on any atom is 0.339 e. The molecule has 1 rings (SSSR count). The first kappa shape index (κ1) is 17.9. The molecule has 118 valence electrons. The van der Waals surface area contributed by atoms with Crippen LogP contribution in [0.25, 0.3) is 0 Å². The van der Waals surface area contributed by atoms with Gasteiger partial charge >= 0.3 is 5.97 Å². The summed E-state index contributed by atoms with van der Waals surface area (Å²) in [5.74, 6) is -1.25. The minimum atomic E-state index is -0.536. The summed E-state index contributed by atoms with van der Waals surface area (Å²) in [7, 11) is 0. The molecule has 0 heterocycles. The van der Waals surface area contributed by atoms with Gasteiger partial charge in [0.1, 0.15) is 0 Å². The molecule has 5 nitrogen and oxygen atoms in total. The number of allylic oxidation sites excluding steroid dienone is 1. The molecular formula is C16H18ClNO4. The van der Waals surface area contributed by atoms with Crippen molar-refractivity contribution in [2.75, 3.05) is 5.32 Å². The van der Waals surface area contributed by atoms with Gasteiger partial charge in [0.15, 0.2) is 11.6 Å². The third kappa shape index (κ3) is 4.70. The summed E-state index contributed by atoms with van der Waals surface area (Å²) >= 11 is 6.17. The summed E-state index contributed by atoms with van der Waals surface area (Å²) in [5, 5.41) is 2.94. The van der Waals surface area contributed by atoms with Crippen molar-refractivity contribution in [3.63, 3.8) is 0 Å². The number of carbonyl (C=O) groups is 3. The predicted molar refractivity (Wildman–Crippen MR) is 85.1 cm³/mol. The second-order valence-corrected chi connectivity index (χ2v) is 5.31. The molecule has 0 bridgehead atoms. The van der Waals surface area contributed by atoms with E-state index >= 15 is 0 Å². The predicted octanol–water partition coefficient (Wildman–Crippen LogP) is 3.38. The Balaban J connectivity index is 3.08. The number of anilines is 1. The Morgan fingerprint density at radius 2 is 1.77 bits per heavy atom. The van der Waals surface area contributed by atoms with Gasteiger partial charge in [0.05, 0.1) is 28.0 Å². The van der Waals surface area contributed by atoms with Gasteiger partial charge < -0.3 is 10.1 Å². The van der Waals surface area contributed by atoms with Crippen LogP contribution in [0.1, 0.15) is 38.1 Å². The van der Waals surface area contributed by atoms with E-state index in [0.29, 0.717) is 5.69 Å². The number of halogens is 1. The largest absolute Gasteiger partial charge is 0.459 e. The van der Waals surface area contributed by atoms with Crippen LogP contribution in [0.15, 0.2) is 30.0 Å². The van der Waals surface area contributed by atoms with Crippen LogP contribution in [0.5, 0.6) is 0 Å². The summed E-state index contributed by atoms with van der Waals surface area (Å²) in [5.41, 5.74) is 0.632. The number of nitrogens with one attached hydrogen (secondary N) is 1. The van der Waals surface area contributed by atoms with Crippen LogP contribution in [0, 0.1) is 0 Å². The van der Waals surface area contributed by atoms with Crippen molar-refractivity contribution in [2.45, 2.75) is 33.8 Å². The van der Waals surface area contributed by atoms with Crippen molar-refractivity contribution < 1.29 is 19.1 Å². The Labute approximate surface area is 134 Å². The van der Waals surface area contributed by atoms with Crippen molar-refractivity contribution in [3.05, 3.63) is 40.6 Å². The highest BCUT2D eigenvalue weighted by molar-refractivity contribution is 6.36. The zero-order valence-electron chi connectivity index (χ0n) is 12.9. The van der Waals surface area contributed by atoms with Gasteiger partial charge in [0.2, 0.25) is 0 Å². The lowest BCUT2D eigenvalue weighted by atomic mass is 10.1. The fraction of sp³-hybridized carbons (Fsp3) is 0.312. The van der Waals surface area contributed by atoms with Crippen molar-refractivity contribution >= 4 is 34.8 Å². The van der Waals surface area contributed by atoms with Crippen LogP contribution in [0.3, 0.4) is 0 Å². The lowest BCUT2D eigenvalue weighted by Gasteiger charge is -2.11. The van der Waals surface area contributed by atoms with Crippen LogP contribution in [0.4, 0.5) is 5.69 Å². The summed E-state index contributed by atoms with van der Waals surface area (Å²) in [4.78, 5) is 34.6. The number of benzene rings is 1. The summed E-state index contributed by atoms with van der Waals surface area (Å²) in [6.07, 6.45) is 1.02. The molecule has 1 aromatic carbocycles. The second-order valence-electron chi connectivity index (χ2n) is 4.94. The molecule has 0 saturated heterocycles. The van der Waals surface area contributed by atoms with Crippen LogP contribution < -0.4 is 5.32 Å². The molecule has 0 atom stereocenters. The third-order valence-corrected chi connectivity index (χ3v) is 3.10. The highest BCUT2D eigenvalue weighted by Gasteiger charge is 2.16. The number of ether oxygens (including phenoxy) is 1. The van der Waals surface area contributed by atoms with Gasteiger partial charge in [-0.3, -0.25) is 9.59 Å². The number of esters is 1. The standard InChI is InChI=1S/C16H18ClNO4/c1-9(2)22-16(21)12-6-5-7-14(15(12)17)18-8-13(10(3)19)11(4)20/h5-9,18H,1-4H3.